The molecule has 120 valence electrons. The van der Waals surface area contributed by atoms with Gasteiger partial charge in [0.15, 0.2) is 6.79 Å². The smallest absolute Gasteiger partial charge is 0.450 e. The highest BCUT2D eigenvalue weighted by atomic mass is 16.7. The highest BCUT2D eigenvalue weighted by Gasteiger charge is 1.95. The van der Waals surface area contributed by atoms with E-state index in [4.69, 9.17) is 28.8 Å². The van der Waals surface area contributed by atoms with E-state index >= 15 is 0 Å². The summed E-state index contributed by atoms with van der Waals surface area (Å²) in [5.74, 6) is 0. The van der Waals surface area contributed by atoms with Gasteiger partial charge in [-0.1, -0.05) is 0 Å². The molecule has 20 heavy (non-hydrogen) atoms. The summed E-state index contributed by atoms with van der Waals surface area (Å²) in [5, 5.41) is 8.15. The number of rotatable bonds is 15. The van der Waals surface area contributed by atoms with Gasteiger partial charge in [0.25, 0.3) is 0 Å². The molecule has 0 bridgehead atoms. The monoisotopic (exact) mass is 296 g/mol. The molecule has 0 spiro atoms. The summed E-state index contributed by atoms with van der Waals surface area (Å²) in [5.41, 5.74) is 0. The van der Waals surface area contributed by atoms with Crippen molar-refractivity contribution in [2.75, 3.05) is 66.3 Å². The van der Waals surface area contributed by atoms with Gasteiger partial charge in [-0.15, -0.1) is 0 Å². The maximum atomic E-state index is 9.97. The van der Waals surface area contributed by atoms with E-state index in [2.05, 4.69) is 4.74 Å². The molecular formula is C12H24O8. The molecule has 0 radical (unpaired) electrons. The Bertz CT molecular complexity index is 212. The Morgan fingerprint density at radius 2 is 1.15 bits per heavy atom. The van der Waals surface area contributed by atoms with E-state index in [1.807, 2.05) is 6.92 Å². The summed E-state index contributed by atoms with van der Waals surface area (Å²) in [7, 11) is 0. The van der Waals surface area contributed by atoms with Crippen LogP contribution in [0.2, 0.25) is 0 Å². The van der Waals surface area contributed by atoms with Crippen LogP contribution in [0.5, 0.6) is 0 Å². The van der Waals surface area contributed by atoms with Crippen LogP contribution < -0.4 is 0 Å². The Morgan fingerprint density at radius 3 is 1.55 bits per heavy atom. The van der Waals surface area contributed by atoms with E-state index < -0.39 is 6.16 Å². The zero-order chi connectivity index (χ0) is 14.9. The van der Waals surface area contributed by atoms with Gasteiger partial charge >= 0.3 is 6.16 Å². The first-order valence-electron chi connectivity index (χ1n) is 6.51. The predicted octanol–water partition coefficient (Wildman–Crippen LogP) is 0.741. The van der Waals surface area contributed by atoms with Gasteiger partial charge in [-0.3, -0.25) is 0 Å². The van der Waals surface area contributed by atoms with Crippen molar-refractivity contribution in [2.24, 2.45) is 0 Å². The largest absolute Gasteiger partial charge is 0.507 e. The summed E-state index contributed by atoms with van der Waals surface area (Å²) in [6.45, 7) is 6.12. The number of hydrogen-bond acceptors (Lipinski definition) is 7. The molecule has 0 rings (SSSR count). The average molecular weight is 296 g/mol. The van der Waals surface area contributed by atoms with Gasteiger partial charge in [0.05, 0.1) is 52.9 Å². The van der Waals surface area contributed by atoms with E-state index in [1.165, 1.54) is 0 Å². The maximum Gasteiger partial charge on any atom is 0.507 e. The Morgan fingerprint density at radius 1 is 0.750 bits per heavy atom. The summed E-state index contributed by atoms with van der Waals surface area (Å²) < 4.78 is 29.8. The lowest BCUT2D eigenvalue weighted by atomic mass is 10.7. The minimum absolute atomic E-state index is 0.272. The van der Waals surface area contributed by atoms with Crippen molar-refractivity contribution in [1.82, 2.24) is 0 Å². The van der Waals surface area contributed by atoms with Crippen LogP contribution in [0.25, 0.3) is 0 Å². The van der Waals surface area contributed by atoms with Crippen LogP contribution in [0.3, 0.4) is 0 Å². The van der Waals surface area contributed by atoms with Gasteiger partial charge in [0.2, 0.25) is 0 Å². The van der Waals surface area contributed by atoms with Crippen LogP contribution in [0.15, 0.2) is 0 Å². The molecule has 0 heterocycles. The fraction of sp³-hybridized carbons (Fsp3) is 0.917. The molecule has 8 nitrogen and oxygen atoms in total. The molecule has 0 saturated carbocycles. The molecule has 0 aromatic heterocycles. The zero-order valence-electron chi connectivity index (χ0n) is 11.9. The summed E-state index contributed by atoms with van der Waals surface area (Å²) >= 11 is 0. The third-order valence-electron chi connectivity index (χ3n) is 1.96. The Kier molecular flexibility index (Phi) is 15.4. The van der Waals surface area contributed by atoms with Crippen molar-refractivity contribution in [3.63, 3.8) is 0 Å². The van der Waals surface area contributed by atoms with E-state index in [0.29, 0.717) is 52.9 Å². The van der Waals surface area contributed by atoms with Crippen LogP contribution in [0, 0.1) is 0 Å². The molecule has 0 aromatic rings. The normalized spacial score (nSPS) is 10.7. The lowest BCUT2D eigenvalue weighted by Gasteiger charge is -2.07. The lowest BCUT2D eigenvalue weighted by molar-refractivity contribution is -0.0567. The van der Waals surface area contributed by atoms with E-state index in [-0.39, 0.29) is 13.4 Å². The lowest BCUT2D eigenvalue weighted by Crippen LogP contribution is -2.14. The maximum absolute atomic E-state index is 9.97. The third kappa shape index (κ3) is 17.1. The van der Waals surface area contributed by atoms with Crippen LogP contribution in [0.1, 0.15) is 6.92 Å². The molecule has 0 aromatic carbocycles. The van der Waals surface area contributed by atoms with E-state index in [0.717, 1.165) is 0 Å². The molecule has 0 atom stereocenters. The molecule has 0 fully saturated rings. The van der Waals surface area contributed by atoms with Gasteiger partial charge < -0.3 is 33.5 Å². The second-order valence-electron chi connectivity index (χ2n) is 3.47. The van der Waals surface area contributed by atoms with Crippen molar-refractivity contribution in [3.05, 3.63) is 0 Å². The fourth-order valence-corrected chi connectivity index (χ4v) is 1.07. The van der Waals surface area contributed by atoms with Crippen molar-refractivity contribution < 1.29 is 38.3 Å². The number of carbonyl (C=O) groups is 1. The minimum atomic E-state index is -1.36. The van der Waals surface area contributed by atoms with E-state index in [9.17, 15) is 4.79 Å². The first kappa shape index (κ1) is 19.1. The Hall–Kier alpha value is -0.930. The number of hydrogen-bond donors (Lipinski definition) is 1. The third-order valence-corrected chi connectivity index (χ3v) is 1.96. The summed E-state index contributed by atoms with van der Waals surface area (Å²) in [4.78, 5) is 9.97. The quantitative estimate of drug-likeness (QED) is 0.269. The molecule has 8 heteroatoms. The molecule has 0 amide bonds. The molecule has 0 aliphatic rings. The molecule has 0 aliphatic carbocycles. The van der Waals surface area contributed by atoms with Gasteiger partial charge in [0.1, 0.15) is 0 Å². The van der Waals surface area contributed by atoms with Crippen molar-refractivity contribution >= 4 is 6.16 Å². The fourth-order valence-electron chi connectivity index (χ4n) is 1.07. The van der Waals surface area contributed by atoms with Gasteiger partial charge in [0, 0.05) is 6.61 Å². The van der Waals surface area contributed by atoms with Crippen LogP contribution in [-0.4, -0.2) is 77.5 Å². The second kappa shape index (κ2) is 16.1. The molecule has 0 unspecified atom stereocenters. The number of ether oxygens (including phenoxy) is 6. The SMILES string of the molecule is CCOCCOCCOCCOCCOCOC(=O)O. The Labute approximate surface area is 118 Å². The molecule has 0 saturated heterocycles. The van der Waals surface area contributed by atoms with Gasteiger partial charge in [-0.25, -0.2) is 4.79 Å². The van der Waals surface area contributed by atoms with Crippen LogP contribution in [-0.2, 0) is 28.4 Å². The molecular weight excluding hydrogens is 272 g/mol. The molecule has 0 aliphatic heterocycles. The summed E-state index contributed by atoms with van der Waals surface area (Å²) in [6.07, 6.45) is -1.36. The summed E-state index contributed by atoms with van der Waals surface area (Å²) in [6, 6.07) is 0. The average Bonchev–Trinajstić information content (AvgIpc) is 2.43. The van der Waals surface area contributed by atoms with E-state index in [1.54, 1.807) is 0 Å². The first-order valence-corrected chi connectivity index (χ1v) is 6.51. The van der Waals surface area contributed by atoms with Crippen LogP contribution in [0.4, 0.5) is 4.79 Å². The molecule has 1 N–H and O–H groups in total. The van der Waals surface area contributed by atoms with Crippen molar-refractivity contribution in [3.8, 4) is 0 Å². The van der Waals surface area contributed by atoms with Crippen LogP contribution >= 0.6 is 0 Å². The second-order valence-corrected chi connectivity index (χ2v) is 3.47. The highest BCUT2D eigenvalue weighted by Crippen LogP contribution is 1.84. The Balaban J connectivity index is 2.94. The highest BCUT2D eigenvalue weighted by molar-refractivity contribution is 5.56. The van der Waals surface area contributed by atoms with Gasteiger partial charge in [-0.2, -0.15) is 0 Å². The number of carboxylic acid groups (broad SMARTS) is 1. The van der Waals surface area contributed by atoms with Crippen molar-refractivity contribution in [2.45, 2.75) is 6.92 Å². The minimum Gasteiger partial charge on any atom is -0.450 e. The van der Waals surface area contributed by atoms with Gasteiger partial charge in [-0.05, 0) is 6.92 Å². The predicted molar refractivity (Wildman–Crippen MR) is 68.9 cm³/mol. The first-order chi connectivity index (χ1) is 9.77. The topological polar surface area (TPSA) is 92.7 Å². The zero-order valence-corrected chi connectivity index (χ0v) is 11.9. The standard InChI is InChI=1S/C12H24O8/c1-2-15-3-4-16-5-6-17-7-8-18-9-10-19-11-20-12(13)14/h2-11H2,1H3,(H,13,14). The van der Waals surface area contributed by atoms with Crippen molar-refractivity contribution in [1.29, 1.82) is 0 Å².